The summed E-state index contributed by atoms with van der Waals surface area (Å²) < 4.78 is 1.89. The topological polar surface area (TPSA) is 55.1 Å². The van der Waals surface area contributed by atoms with Crippen molar-refractivity contribution in [2.75, 3.05) is 0 Å². The summed E-state index contributed by atoms with van der Waals surface area (Å²) in [6.07, 6.45) is 4.09. The van der Waals surface area contributed by atoms with E-state index in [4.69, 9.17) is 5.11 Å². The first-order chi connectivity index (χ1) is 5.27. The lowest BCUT2D eigenvalue weighted by atomic mass is 10.1. The predicted molar refractivity (Wildman–Crippen MR) is 44.3 cm³/mol. The van der Waals surface area contributed by atoms with Gasteiger partial charge in [0.15, 0.2) is 0 Å². The summed E-state index contributed by atoms with van der Waals surface area (Å²) >= 11 is 0. The number of aromatic nitrogens is 2. The van der Waals surface area contributed by atoms with Crippen molar-refractivity contribution in [3.63, 3.8) is 0 Å². The summed E-state index contributed by atoms with van der Waals surface area (Å²) in [5.41, 5.74) is 0. The predicted octanol–water partition coefficient (Wildman–Crippen LogP) is 0.562. The lowest BCUT2D eigenvalue weighted by Gasteiger charge is -1.98. The van der Waals surface area contributed by atoms with Crippen LogP contribution in [0.5, 0.6) is 0 Å². The maximum absolute atomic E-state index is 10.5. The Balaban J connectivity index is 0.000000720. The van der Waals surface area contributed by atoms with Crippen molar-refractivity contribution >= 4 is 18.4 Å². The average molecular weight is 189 g/mol. The number of fused-ring (bicyclic) bond motifs is 1. The number of imidazole rings is 1. The van der Waals surface area contributed by atoms with E-state index in [0.29, 0.717) is 13.0 Å². The third kappa shape index (κ3) is 1.30. The smallest absolute Gasteiger partial charge is 0.308 e. The Morgan fingerprint density at radius 2 is 2.50 bits per heavy atom. The van der Waals surface area contributed by atoms with Crippen LogP contribution >= 0.6 is 12.4 Å². The van der Waals surface area contributed by atoms with E-state index in [1.165, 1.54) is 0 Å². The highest BCUT2D eigenvalue weighted by molar-refractivity contribution is 5.85. The van der Waals surface area contributed by atoms with Gasteiger partial charge in [-0.15, -0.1) is 12.4 Å². The van der Waals surface area contributed by atoms with Crippen LogP contribution in [0.3, 0.4) is 0 Å². The molecule has 1 aromatic rings. The number of halogens is 1. The second-order valence-electron chi connectivity index (χ2n) is 2.74. The fourth-order valence-corrected chi connectivity index (χ4v) is 1.38. The molecule has 2 rings (SSSR count). The van der Waals surface area contributed by atoms with Gasteiger partial charge in [0.2, 0.25) is 0 Å². The van der Waals surface area contributed by atoms with Gasteiger partial charge in [-0.3, -0.25) is 4.79 Å². The number of hydrogen-bond donors (Lipinski definition) is 1. The second kappa shape index (κ2) is 3.15. The zero-order chi connectivity index (χ0) is 7.84. The van der Waals surface area contributed by atoms with Gasteiger partial charge in [0.25, 0.3) is 0 Å². The van der Waals surface area contributed by atoms with Gasteiger partial charge < -0.3 is 9.67 Å². The molecule has 1 aliphatic rings. The van der Waals surface area contributed by atoms with Crippen LogP contribution in [0.1, 0.15) is 5.82 Å². The minimum absolute atomic E-state index is 0. The summed E-state index contributed by atoms with van der Waals surface area (Å²) in [5, 5.41) is 8.66. The van der Waals surface area contributed by atoms with Crippen LogP contribution in [0.4, 0.5) is 0 Å². The summed E-state index contributed by atoms with van der Waals surface area (Å²) in [6.45, 7) is 0.574. The van der Waals surface area contributed by atoms with E-state index in [1.807, 2.05) is 10.8 Å². The Morgan fingerprint density at radius 1 is 1.75 bits per heavy atom. The van der Waals surface area contributed by atoms with Crippen molar-refractivity contribution in [2.24, 2.45) is 5.92 Å². The molecule has 0 saturated heterocycles. The van der Waals surface area contributed by atoms with Gasteiger partial charge >= 0.3 is 5.97 Å². The highest BCUT2D eigenvalue weighted by Gasteiger charge is 2.27. The molecular formula is C7H9ClN2O2. The summed E-state index contributed by atoms with van der Waals surface area (Å²) in [4.78, 5) is 14.6. The Kier molecular flexibility index (Phi) is 2.38. The molecular weight excluding hydrogens is 180 g/mol. The van der Waals surface area contributed by atoms with Gasteiger partial charge in [-0.2, -0.15) is 0 Å². The molecule has 1 aliphatic heterocycles. The van der Waals surface area contributed by atoms with Crippen molar-refractivity contribution in [1.29, 1.82) is 0 Å². The van der Waals surface area contributed by atoms with Crippen molar-refractivity contribution in [3.8, 4) is 0 Å². The molecule has 1 unspecified atom stereocenters. The number of carbonyl (C=O) groups is 1. The molecule has 0 aliphatic carbocycles. The third-order valence-electron chi connectivity index (χ3n) is 2.00. The van der Waals surface area contributed by atoms with E-state index in [0.717, 1.165) is 5.82 Å². The molecule has 2 heterocycles. The first-order valence-electron chi connectivity index (χ1n) is 3.50. The zero-order valence-electron chi connectivity index (χ0n) is 6.30. The maximum Gasteiger partial charge on any atom is 0.308 e. The van der Waals surface area contributed by atoms with E-state index in [-0.39, 0.29) is 18.3 Å². The van der Waals surface area contributed by atoms with Gasteiger partial charge in [0, 0.05) is 25.4 Å². The van der Waals surface area contributed by atoms with Crippen LogP contribution in [-0.4, -0.2) is 20.6 Å². The Bertz CT molecular complexity index is 277. The number of aliphatic carboxylic acids is 1. The molecule has 0 fully saturated rings. The molecule has 0 spiro atoms. The van der Waals surface area contributed by atoms with Crippen molar-refractivity contribution in [1.82, 2.24) is 9.55 Å². The Morgan fingerprint density at radius 3 is 3.08 bits per heavy atom. The monoisotopic (exact) mass is 188 g/mol. The van der Waals surface area contributed by atoms with E-state index in [9.17, 15) is 4.79 Å². The lowest BCUT2D eigenvalue weighted by Crippen LogP contribution is -2.14. The highest BCUT2D eigenvalue weighted by Crippen LogP contribution is 2.18. The van der Waals surface area contributed by atoms with Crippen molar-refractivity contribution in [2.45, 2.75) is 13.0 Å². The Labute approximate surface area is 75.6 Å². The zero-order valence-corrected chi connectivity index (χ0v) is 7.12. The molecule has 1 aromatic heterocycles. The van der Waals surface area contributed by atoms with Crippen LogP contribution in [0, 0.1) is 5.92 Å². The lowest BCUT2D eigenvalue weighted by molar-refractivity contribution is -0.141. The van der Waals surface area contributed by atoms with Crippen LogP contribution in [0.25, 0.3) is 0 Å². The first kappa shape index (κ1) is 9.06. The standard InChI is InChI=1S/C7H8N2O2.ClH/c10-7(11)5-3-6-8-1-2-9(6)4-5;/h1-2,5H,3-4H2,(H,10,11);1H. The van der Waals surface area contributed by atoms with E-state index >= 15 is 0 Å². The van der Waals surface area contributed by atoms with Crippen LogP contribution in [0.15, 0.2) is 12.4 Å². The SMILES string of the molecule is Cl.O=C(O)C1Cc2nccn2C1. The summed E-state index contributed by atoms with van der Waals surface area (Å²) in [5.74, 6) is -0.105. The summed E-state index contributed by atoms with van der Waals surface area (Å²) in [7, 11) is 0. The third-order valence-corrected chi connectivity index (χ3v) is 2.00. The fourth-order valence-electron chi connectivity index (χ4n) is 1.38. The molecule has 1 atom stereocenters. The van der Waals surface area contributed by atoms with Crippen LogP contribution < -0.4 is 0 Å². The van der Waals surface area contributed by atoms with Crippen molar-refractivity contribution in [3.05, 3.63) is 18.2 Å². The molecule has 5 heteroatoms. The fraction of sp³-hybridized carbons (Fsp3) is 0.429. The second-order valence-corrected chi connectivity index (χ2v) is 2.74. The van der Waals surface area contributed by atoms with Gasteiger partial charge in [0.05, 0.1) is 5.92 Å². The molecule has 0 radical (unpaired) electrons. The number of carboxylic acids is 1. The number of nitrogens with zero attached hydrogens (tertiary/aromatic N) is 2. The summed E-state index contributed by atoms with van der Waals surface area (Å²) in [6, 6.07) is 0. The van der Waals surface area contributed by atoms with Gasteiger partial charge in [-0.25, -0.2) is 4.98 Å². The quantitative estimate of drug-likeness (QED) is 0.701. The van der Waals surface area contributed by atoms with Crippen molar-refractivity contribution < 1.29 is 9.90 Å². The van der Waals surface area contributed by atoms with Gasteiger partial charge in [-0.05, 0) is 0 Å². The minimum atomic E-state index is -0.726. The average Bonchev–Trinajstić information content (AvgIpc) is 2.40. The van der Waals surface area contributed by atoms with Gasteiger partial charge in [-0.1, -0.05) is 0 Å². The number of carboxylic acid groups (broad SMARTS) is 1. The molecule has 4 nitrogen and oxygen atoms in total. The minimum Gasteiger partial charge on any atom is -0.481 e. The molecule has 12 heavy (non-hydrogen) atoms. The van der Waals surface area contributed by atoms with E-state index < -0.39 is 5.97 Å². The molecule has 0 saturated carbocycles. The van der Waals surface area contributed by atoms with Gasteiger partial charge in [0.1, 0.15) is 5.82 Å². The van der Waals surface area contributed by atoms with Crippen LogP contribution in [-0.2, 0) is 17.8 Å². The number of rotatable bonds is 1. The highest BCUT2D eigenvalue weighted by atomic mass is 35.5. The van der Waals surface area contributed by atoms with E-state index in [1.54, 1.807) is 6.20 Å². The number of hydrogen-bond acceptors (Lipinski definition) is 2. The molecule has 0 aromatic carbocycles. The maximum atomic E-state index is 10.5. The molecule has 1 N–H and O–H groups in total. The molecule has 0 amide bonds. The van der Waals surface area contributed by atoms with Crippen LogP contribution in [0.2, 0.25) is 0 Å². The molecule has 0 bridgehead atoms. The first-order valence-corrected chi connectivity index (χ1v) is 3.50. The normalized spacial score (nSPS) is 19.8. The molecule has 66 valence electrons. The van der Waals surface area contributed by atoms with E-state index in [2.05, 4.69) is 4.98 Å². The Hall–Kier alpha value is -1.03. The largest absolute Gasteiger partial charge is 0.481 e.